The van der Waals surface area contributed by atoms with Crippen molar-refractivity contribution in [3.8, 4) is 0 Å². The van der Waals surface area contributed by atoms with E-state index in [2.05, 4.69) is 79.1 Å². The average molecular weight is 312 g/mol. The van der Waals surface area contributed by atoms with Crippen molar-refractivity contribution in [3.05, 3.63) is 52.3 Å². The van der Waals surface area contributed by atoms with Crippen molar-refractivity contribution in [2.75, 3.05) is 14.1 Å². The minimum absolute atomic E-state index is 0.0966. The zero-order valence-electron chi connectivity index (χ0n) is 15.0. The molecule has 0 fully saturated rings. The average Bonchev–Trinajstić information content (AvgIpc) is 3.03. The standard InChI is InChI=1S/C19H28N4/c1-19(2,3)18-9-17(20-21-18)13-22(4)10-14-6-7-15-11-23(5)12-16(15)8-14/h6-9H,10-13H2,1-5H3,(H,20,21). The second-order valence-electron chi connectivity index (χ2n) is 7.98. The molecule has 2 aromatic rings. The molecule has 0 saturated carbocycles. The van der Waals surface area contributed by atoms with E-state index in [0.717, 1.165) is 31.9 Å². The Labute approximate surface area is 139 Å². The first-order valence-corrected chi connectivity index (χ1v) is 8.34. The third-order valence-electron chi connectivity index (χ3n) is 4.44. The normalized spacial score (nSPS) is 15.4. The predicted molar refractivity (Wildman–Crippen MR) is 94.1 cm³/mol. The summed E-state index contributed by atoms with van der Waals surface area (Å²) in [5.41, 5.74) is 6.74. The van der Waals surface area contributed by atoms with Gasteiger partial charge in [0.1, 0.15) is 0 Å². The zero-order chi connectivity index (χ0) is 16.6. The highest BCUT2D eigenvalue weighted by molar-refractivity contribution is 5.34. The molecule has 1 aliphatic rings. The number of nitrogens with one attached hydrogen (secondary N) is 1. The molecule has 2 heterocycles. The highest BCUT2D eigenvalue weighted by Crippen LogP contribution is 2.23. The molecule has 3 rings (SSSR count). The lowest BCUT2D eigenvalue weighted by molar-refractivity contribution is 0.314. The highest BCUT2D eigenvalue weighted by atomic mass is 15.2. The van der Waals surface area contributed by atoms with E-state index in [4.69, 9.17) is 0 Å². The molecule has 4 nitrogen and oxygen atoms in total. The smallest absolute Gasteiger partial charge is 0.0678 e. The Balaban J connectivity index is 1.63. The molecule has 0 atom stereocenters. The summed E-state index contributed by atoms with van der Waals surface area (Å²) in [5, 5.41) is 7.62. The van der Waals surface area contributed by atoms with Crippen LogP contribution in [0.3, 0.4) is 0 Å². The number of benzene rings is 1. The first-order chi connectivity index (χ1) is 10.8. The Bertz CT molecular complexity index is 681. The van der Waals surface area contributed by atoms with E-state index in [1.165, 1.54) is 22.4 Å². The van der Waals surface area contributed by atoms with Crippen molar-refractivity contribution in [1.82, 2.24) is 20.0 Å². The maximum Gasteiger partial charge on any atom is 0.0678 e. The van der Waals surface area contributed by atoms with Crippen molar-refractivity contribution in [2.24, 2.45) is 0 Å². The van der Waals surface area contributed by atoms with Crippen molar-refractivity contribution in [2.45, 2.75) is 52.4 Å². The maximum absolute atomic E-state index is 4.45. The first kappa shape index (κ1) is 16.2. The second-order valence-corrected chi connectivity index (χ2v) is 7.98. The third-order valence-corrected chi connectivity index (χ3v) is 4.44. The highest BCUT2D eigenvalue weighted by Gasteiger charge is 2.18. The van der Waals surface area contributed by atoms with E-state index in [9.17, 15) is 0 Å². The van der Waals surface area contributed by atoms with Crippen LogP contribution in [-0.4, -0.2) is 34.1 Å². The van der Waals surface area contributed by atoms with Crippen LogP contribution in [0.1, 0.15) is 48.8 Å². The molecule has 0 spiro atoms. The molecular formula is C19H28N4. The lowest BCUT2D eigenvalue weighted by Crippen LogP contribution is -2.17. The quantitative estimate of drug-likeness (QED) is 0.941. The number of hydrogen-bond donors (Lipinski definition) is 1. The molecule has 0 unspecified atom stereocenters. The van der Waals surface area contributed by atoms with Gasteiger partial charge in [-0.1, -0.05) is 39.0 Å². The molecule has 1 aromatic heterocycles. The molecule has 0 radical (unpaired) electrons. The number of rotatable bonds is 4. The van der Waals surface area contributed by atoms with E-state index < -0.39 is 0 Å². The summed E-state index contributed by atoms with van der Waals surface area (Å²) in [6, 6.07) is 9.11. The number of aromatic amines is 1. The molecule has 4 heteroatoms. The number of nitrogens with zero attached hydrogens (tertiary/aromatic N) is 3. The lowest BCUT2D eigenvalue weighted by atomic mass is 9.92. The molecule has 0 bridgehead atoms. The van der Waals surface area contributed by atoms with Gasteiger partial charge in [-0.05, 0) is 36.9 Å². The Hall–Kier alpha value is -1.65. The van der Waals surface area contributed by atoms with Gasteiger partial charge in [-0.15, -0.1) is 0 Å². The summed E-state index contributed by atoms with van der Waals surface area (Å²) in [6.45, 7) is 10.6. The zero-order valence-corrected chi connectivity index (χ0v) is 15.0. The van der Waals surface area contributed by atoms with Crippen LogP contribution in [0.5, 0.6) is 0 Å². The summed E-state index contributed by atoms with van der Waals surface area (Å²) in [6.07, 6.45) is 0. The fourth-order valence-electron chi connectivity index (χ4n) is 3.20. The Morgan fingerprint density at radius 1 is 1.13 bits per heavy atom. The van der Waals surface area contributed by atoms with Crippen LogP contribution in [0.15, 0.2) is 24.3 Å². The van der Waals surface area contributed by atoms with E-state index in [-0.39, 0.29) is 5.41 Å². The second kappa shape index (κ2) is 6.10. The minimum atomic E-state index is 0.0966. The minimum Gasteiger partial charge on any atom is -0.298 e. The topological polar surface area (TPSA) is 35.2 Å². The molecule has 0 saturated heterocycles. The molecule has 0 amide bonds. The maximum atomic E-state index is 4.45. The Morgan fingerprint density at radius 3 is 2.57 bits per heavy atom. The van der Waals surface area contributed by atoms with Gasteiger partial charge in [0.05, 0.1) is 5.69 Å². The molecule has 1 N–H and O–H groups in total. The van der Waals surface area contributed by atoms with Gasteiger partial charge in [-0.25, -0.2) is 0 Å². The number of H-pyrrole nitrogens is 1. The summed E-state index contributed by atoms with van der Waals surface area (Å²) in [4.78, 5) is 4.69. The van der Waals surface area contributed by atoms with Crippen LogP contribution in [-0.2, 0) is 31.6 Å². The fraction of sp³-hybridized carbons (Fsp3) is 0.526. The van der Waals surface area contributed by atoms with Crippen LogP contribution in [0.4, 0.5) is 0 Å². The molecule has 0 aliphatic carbocycles. The molecular weight excluding hydrogens is 284 g/mol. The van der Waals surface area contributed by atoms with Crippen LogP contribution in [0.2, 0.25) is 0 Å². The third kappa shape index (κ3) is 3.82. The van der Waals surface area contributed by atoms with Crippen LogP contribution in [0.25, 0.3) is 0 Å². The summed E-state index contributed by atoms with van der Waals surface area (Å²) < 4.78 is 0. The largest absolute Gasteiger partial charge is 0.298 e. The summed E-state index contributed by atoms with van der Waals surface area (Å²) in [5.74, 6) is 0. The molecule has 1 aliphatic heterocycles. The van der Waals surface area contributed by atoms with E-state index >= 15 is 0 Å². The SMILES string of the molecule is CN(Cc1ccc2c(c1)CN(C)C2)Cc1cc(C(C)(C)C)n[nH]1. The van der Waals surface area contributed by atoms with Gasteiger partial charge in [0, 0.05) is 37.3 Å². The van der Waals surface area contributed by atoms with Gasteiger partial charge in [-0.3, -0.25) is 14.9 Å². The van der Waals surface area contributed by atoms with Crippen LogP contribution in [0, 0.1) is 0 Å². The monoisotopic (exact) mass is 312 g/mol. The predicted octanol–water partition coefficient (Wildman–Crippen LogP) is 3.28. The summed E-state index contributed by atoms with van der Waals surface area (Å²) in [7, 11) is 4.34. The van der Waals surface area contributed by atoms with E-state index in [0.29, 0.717) is 0 Å². The van der Waals surface area contributed by atoms with Gasteiger partial charge in [0.2, 0.25) is 0 Å². The molecule has 23 heavy (non-hydrogen) atoms. The number of hydrogen-bond acceptors (Lipinski definition) is 3. The van der Waals surface area contributed by atoms with Crippen molar-refractivity contribution in [3.63, 3.8) is 0 Å². The van der Waals surface area contributed by atoms with Gasteiger partial charge >= 0.3 is 0 Å². The fourth-order valence-corrected chi connectivity index (χ4v) is 3.20. The number of aromatic nitrogens is 2. The van der Waals surface area contributed by atoms with Crippen molar-refractivity contribution >= 4 is 0 Å². The first-order valence-electron chi connectivity index (χ1n) is 8.34. The van der Waals surface area contributed by atoms with Gasteiger partial charge in [0.15, 0.2) is 0 Å². The molecule has 124 valence electrons. The molecule has 1 aromatic carbocycles. The van der Waals surface area contributed by atoms with Crippen LogP contribution >= 0.6 is 0 Å². The number of fused-ring (bicyclic) bond motifs is 1. The summed E-state index contributed by atoms with van der Waals surface area (Å²) >= 11 is 0. The van der Waals surface area contributed by atoms with Crippen molar-refractivity contribution in [1.29, 1.82) is 0 Å². The Morgan fingerprint density at radius 2 is 1.87 bits per heavy atom. The van der Waals surface area contributed by atoms with Gasteiger partial charge in [0.25, 0.3) is 0 Å². The van der Waals surface area contributed by atoms with Gasteiger partial charge in [-0.2, -0.15) is 5.10 Å². The van der Waals surface area contributed by atoms with Crippen molar-refractivity contribution < 1.29 is 0 Å². The van der Waals surface area contributed by atoms with E-state index in [1.807, 2.05) is 0 Å². The Kier molecular flexibility index (Phi) is 4.30. The lowest BCUT2D eigenvalue weighted by Gasteiger charge is -2.16. The van der Waals surface area contributed by atoms with Crippen LogP contribution < -0.4 is 0 Å². The van der Waals surface area contributed by atoms with E-state index in [1.54, 1.807) is 0 Å². The van der Waals surface area contributed by atoms with Gasteiger partial charge < -0.3 is 0 Å².